The van der Waals surface area contributed by atoms with Crippen molar-refractivity contribution < 1.29 is 9.53 Å². The van der Waals surface area contributed by atoms with Crippen molar-refractivity contribution in [3.8, 4) is 0 Å². The standard InChI is InChI=1S/C10H19BrO2/c1-9(12)8-10(13-2)6-4-3-5-7-11/h10H,3-8H2,1-2H3. The summed E-state index contributed by atoms with van der Waals surface area (Å²) in [5.41, 5.74) is 0. The second-order valence-electron chi connectivity index (χ2n) is 3.30. The molecule has 0 aromatic heterocycles. The molecule has 0 aliphatic heterocycles. The van der Waals surface area contributed by atoms with Crippen LogP contribution in [0.25, 0.3) is 0 Å². The first kappa shape index (κ1) is 13.1. The summed E-state index contributed by atoms with van der Waals surface area (Å²) in [5, 5.41) is 1.07. The summed E-state index contributed by atoms with van der Waals surface area (Å²) < 4.78 is 5.21. The van der Waals surface area contributed by atoms with Crippen LogP contribution in [0.5, 0.6) is 0 Å². The summed E-state index contributed by atoms with van der Waals surface area (Å²) in [6, 6.07) is 0. The number of ketones is 1. The Morgan fingerprint density at radius 2 is 2.08 bits per heavy atom. The largest absolute Gasteiger partial charge is 0.381 e. The molecule has 0 saturated heterocycles. The summed E-state index contributed by atoms with van der Waals surface area (Å²) in [7, 11) is 1.68. The van der Waals surface area contributed by atoms with Crippen LogP contribution in [0.15, 0.2) is 0 Å². The van der Waals surface area contributed by atoms with E-state index in [0.717, 1.165) is 18.2 Å². The third-order valence-corrected chi connectivity index (χ3v) is 2.57. The van der Waals surface area contributed by atoms with Crippen LogP contribution in [-0.2, 0) is 9.53 Å². The predicted octanol–water partition coefficient (Wildman–Crippen LogP) is 2.94. The fourth-order valence-electron chi connectivity index (χ4n) is 1.27. The van der Waals surface area contributed by atoms with Gasteiger partial charge in [-0.15, -0.1) is 0 Å². The third kappa shape index (κ3) is 8.44. The Hall–Kier alpha value is 0.110. The van der Waals surface area contributed by atoms with E-state index < -0.39 is 0 Å². The van der Waals surface area contributed by atoms with Crippen LogP contribution in [0.3, 0.4) is 0 Å². The molecular formula is C10H19BrO2. The Bertz CT molecular complexity index is 137. The van der Waals surface area contributed by atoms with E-state index in [4.69, 9.17) is 4.74 Å². The van der Waals surface area contributed by atoms with Crippen LogP contribution in [0.2, 0.25) is 0 Å². The molecule has 3 heteroatoms. The first-order chi connectivity index (χ1) is 6.20. The molecule has 1 atom stereocenters. The molecule has 0 aliphatic rings. The molecule has 0 N–H and O–H groups in total. The quantitative estimate of drug-likeness (QED) is 0.489. The van der Waals surface area contributed by atoms with E-state index >= 15 is 0 Å². The molecule has 78 valence electrons. The first-order valence-corrected chi connectivity index (χ1v) is 5.91. The van der Waals surface area contributed by atoms with Gasteiger partial charge in [0.2, 0.25) is 0 Å². The van der Waals surface area contributed by atoms with Crippen LogP contribution in [0, 0.1) is 0 Å². The number of hydrogen-bond donors (Lipinski definition) is 0. The zero-order valence-electron chi connectivity index (χ0n) is 8.51. The number of alkyl halides is 1. The molecule has 0 rings (SSSR count). The fourth-order valence-corrected chi connectivity index (χ4v) is 1.66. The molecule has 2 nitrogen and oxygen atoms in total. The van der Waals surface area contributed by atoms with Gasteiger partial charge in [0.05, 0.1) is 6.10 Å². The highest BCUT2D eigenvalue weighted by molar-refractivity contribution is 9.09. The second-order valence-corrected chi connectivity index (χ2v) is 4.10. The van der Waals surface area contributed by atoms with Gasteiger partial charge in [0.15, 0.2) is 0 Å². The zero-order chi connectivity index (χ0) is 10.1. The van der Waals surface area contributed by atoms with Crippen LogP contribution in [-0.4, -0.2) is 24.3 Å². The molecule has 0 bridgehead atoms. The molecule has 0 saturated carbocycles. The maximum absolute atomic E-state index is 10.8. The Balaban J connectivity index is 3.42. The lowest BCUT2D eigenvalue weighted by Gasteiger charge is -2.12. The highest BCUT2D eigenvalue weighted by Gasteiger charge is 2.08. The molecule has 0 fully saturated rings. The van der Waals surface area contributed by atoms with E-state index in [2.05, 4.69) is 15.9 Å². The summed E-state index contributed by atoms with van der Waals surface area (Å²) in [4.78, 5) is 10.8. The van der Waals surface area contributed by atoms with Gasteiger partial charge in [-0.2, -0.15) is 0 Å². The van der Waals surface area contributed by atoms with Crippen LogP contribution >= 0.6 is 15.9 Å². The summed E-state index contributed by atoms with van der Waals surface area (Å²) in [6.07, 6.45) is 5.26. The van der Waals surface area contributed by atoms with E-state index in [9.17, 15) is 4.79 Å². The van der Waals surface area contributed by atoms with Crippen molar-refractivity contribution in [1.29, 1.82) is 0 Å². The van der Waals surface area contributed by atoms with Crippen molar-refractivity contribution in [1.82, 2.24) is 0 Å². The average molecular weight is 251 g/mol. The SMILES string of the molecule is COC(CCCCCBr)CC(C)=O. The van der Waals surface area contributed by atoms with Gasteiger partial charge in [-0.25, -0.2) is 0 Å². The van der Waals surface area contributed by atoms with Crippen molar-refractivity contribution in [2.45, 2.75) is 45.1 Å². The van der Waals surface area contributed by atoms with Crippen molar-refractivity contribution >= 4 is 21.7 Å². The third-order valence-electron chi connectivity index (χ3n) is 2.01. The molecule has 0 heterocycles. The van der Waals surface area contributed by atoms with Crippen LogP contribution in [0.1, 0.15) is 39.0 Å². The predicted molar refractivity (Wildman–Crippen MR) is 58.4 cm³/mol. The highest BCUT2D eigenvalue weighted by Crippen LogP contribution is 2.10. The topological polar surface area (TPSA) is 26.3 Å². The number of halogens is 1. The molecule has 1 unspecified atom stereocenters. The minimum Gasteiger partial charge on any atom is -0.381 e. The van der Waals surface area contributed by atoms with Gasteiger partial charge in [-0.3, -0.25) is 4.79 Å². The number of unbranched alkanes of at least 4 members (excludes halogenated alkanes) is 2. The van der Waals surface area contributed by atoms with Crippen molar-refractivity contribution in [2.24, 2.45) is 0 Å². The zero-order valence-corrected chi connectivity index (χ0v) is 10.1. The number of hydrogen-bond acceptors (Lipinski definition) is 2. The Labute approximate surface area is 89.2 Å². The normalized spacial score (nSPS) is 12.8. The lowest BCUT2D eigenvalue weighted by atomic mass is 10.1. The Kier molecular flexibility index (Phi) is 8.77. The van der Waals surface area contributed by atoms with E-state index in [1.165, 1.54) is 12.8 Å². The maximum atomic E-state index is 10.8. The van der Waals surface area contributed by atoms with E-state index in [-0.39, 0.29) is 11.9 Å². The van der Waals surface area contributed by atoms with Gasteiger partial charge in [-0.05, 0) is 19.8 Å². The molecule has 13 heavy (non-hydrogen) atoms. The van der Waals surface area contributed by atoms with Crippen molar-refractivity contribution in [3.63, 3.8) is 0 Å². The number of methoxy groups -OCH3 is 1. The lowest BCUT2D eigenvalue weighted by Crippen LogP contribution is -2.14. The Morgan fingerprint density at radius 3 is 2.54 bits per heavy atom. The highest BCUT2D eigenvalue weighted by atomic mass is 79.9. The number of Topliss-reactive ketones (excluding diaryl/α,β-unsaturated/α-hetero) is 1. The van der Waals surface area contributed by atoms with Crippen molar-refractivity contribution in [3.05, 3.63) is 0 Å². The lowest BCUT2D eigenvalue weighted by molar-refractivity contribution is -0.119. The van der Waals surface area contributed by atoms with Gasteiger partial charge in [0.25, 0.3) is 0 Å². The molecular weight excluding hydrogens is 232 g/mol. The smallest absolute Gasteiger partial charge is 0.132 e. The summed E-state index contributed by atoms with van der Waals surface area (Å²) >= 11 is 3.39. The van der Waals surface area contributed by atoms with E-state index in [1.54, 1.807) is 14.0 Å². The van der Waals surface area contributed by atoms with Gasteiger partial charge < -0.3 is 4.74 Å². The molecule has 0 spiro atoms. The van der Waals surface area contributed by atoms with Gasteiger partial charge in [-0.1, -0.05) is 28.8 Å². The second kappa shape index (κ2) is 8.70. The number of ether oxygens (including phenoxy) is 1. The average Bonchev–Trinajstić information content (AvgIpc) is 2.09. The van der Waals surface area contributed by atoms with E-state index in [1.807, 2.05) is 0 Å². The minimum atomic E-state index is 0.132. The van der Waals surface area contributed by atoms with Crippen LogP contribution in [0.4, 0.5) is 0 Å². The van der Waals surface area contributed by atoms with Gasteiger partial charge in [0.1, 0.15) is 5.78 Å². The van der Waals surface area contributed by atoms with Crippen LogP contribution < -0.4 is 0 Å². The fraction of sp³-hybridized carbons (Fsp3) is 0.900. The molecule has 0 amide bonds. The first-order valence-electron chi connectivity index (χ1n) is 4.79. The molecule has 0 aliphatic carbocycles. The van der Waals surface area contributed by atoms with Crippen molar-refractivity contribution in [2.75, 3.05) is 12.4 Å². The number of carbonyl (C=O) groups is 1. The monoisotopic (exact) mass is 250 g/mol. The number of carbonyl (C=O) groups excluding carboxylic acids is 1. The van der Waals surface area contributed by atoms with Gasteiger partial charge >= 0.3 is 0 Å². The Morgan fingerprint density at radius 1 is 1.38 bits per heavy atom. The van der Waals surface area contributed by atoms with E-state index in [0.29, 0.717) is 6.42 Å². The number of rotatable bonds is 8. The summed E-state index contributed by atoms with van der Waals surface area (Å²) in [6.45, 7) is 1.62. The maximum Gasteiger partial charge on any atom is 0.132 e. The molecule has 0 aromatic carbocycles. The summed E-state index contributed by atoms with van der Waals surface area (Å²) in [5.74, 6) is 0.215. The van der Waals surface area contributed by atoms with Gasteiger partial charge in [0, 0.05) is 18.9 Å². The molecule has 0 aromatic rings. The minimum absolute atomic E-state index is 0.132. The molecule has 0 radical (unpaired) electrons.